The molecule has 6 nitrogen and oxygen atoms in total. The van der Waals surface area contributed by atoms with E-state index in [1.165, 1.54) is 0 Å². The summed E-state index contributed by atoms with van der Waals surface area (Å²) in [4.78, 5) is 27.0. The minimum absolute atomic E-state index is 0.648. The Morgan fingerprint density at radius 1 is 0.241 bits per heavy atom. The fraction of sp³-hybridized carbons (Fsp3) is 0. The number of nitrogens with zero attached hydrogens (tertiary/aromatic N) is 6. The normalized spacial score (nSPS) is 12.1. The van der Waals surface area contributed by atoms with E-state index in [-0.39, 0.29) is 0 Å². The van der Waals surface area contributed by atoms with Crippen LogP contribution in [0.1, 0.15) is 0 Å². The molecule has 3 heterocycles. The maximum atomic E-state index is 5.67. The molecule has 6 heteroatoms. The highest BCUT2D eigenvalue weighted by Gasteiger charge is 2.38. The number of hydrogen-bond acceptors (Lipinski definition) is 6. The van der Waals surface area contributed by atoms with E-state index in [1.54, 1.807) is 0 Å². The van der Waals surface area contributed by atoms with Crippen molar-refractivity contribution >= 4 is 56.2 Å². The number of hydrogen-bond donors (Lipinski definition) is 0. The van der Waals surface area contributed by atoms with E-state index in [4.69, 9.17) is 19.9 Å². The molecule has 8 aromatic carbocycles. The van der Waals surface area contributed by atoms with E-state index in [0.29, 0.717) is 23.3 Å². The Hall–Kier alpha value is -7.96. The monoisotopic (exact) mass is 742 g/mol. The summed E-state index contributed by atoms with van der Waals surface area (Å²) in [5.41, 5.74) is 8.77. The third-order valence-electron chi connectivity index (χ3n) is 10.7. The first-order valence-electron chi connectivity index (χ1n) is 19.4. The smallest absolute Gasteiger partial charge is 0.183 e. The van der Waals surface area contributed by atoms with Crippen LogP contribution in [0, 0.1) is 0 Å². The van der Waals surface area contributed by atoms with Crippen molar-refractivity contribution in [3.63, 3.8) is 0 Å². The third-order valence-corrected chi connectivity index (χ3v) is 10.7. The predicted octanol–water partition coefficient (Wildman–Crippen LogP) is 13.5. The molecule has 2 aromatic heterocycles. The summed E-state index contributed by atoms with van der Waals surface area (Å²) < 4.78 is 0. The first-order valence-corrected chi connectivity index (χ1v) is 19.4. The lowest BCUT2D eigenvalue weighted by molar-refractivity contribution is 0.998. The van der Waals surface area contributed by atoms with Gasteiger partial charge < -0.3 is 0 Å². The number of anilines is 6. The van der Waals surface area contributed by atoms with E-state index >= 15 is 0 Å². The fourth-order valence-corrected chi connectivity index (χ4v) is 7.95. The standard InChI is InChI=1S/C52H34N6/c1-5-19-37(20-6-1)45-46(38-21-7-2-8-22-38)54-50-49(53-45)57(43-31-29-35-17-13-15-27-41(35)33-43)51-52(58(50)44-32-30-36-18-14-16-28-42(36)34-44)56-48(40-25-11-4-12-26-40)47(55-51)39-23-9-3-10-24-39/h1-34H. The molecular weight excluding hydrogens is 709 g/mol. The highest BCUT2D eigenvalue weighted by atomic mass is 15.4. The highest BCUT2D eigenvalue weighted by molar-refractivity contribution is 6.02. The summed E-state index contributed by atoms with van der Waals surface area (Å²) >= 11 is 0. The van der Waals surface area contributed by atoms with Gasteiger partial charge in [-0.1, -0.05) is 182 Å². The minimum atomic E-state index is 0.648. The molecule has 0 saturated heterocycles. The topological polar surface area (TPSA) is 58.0 Å². The van der Waals surface area contributed by atoms with Crippen molar-refractivity contribution in [2.75, 3.05) is 9.80 Å². The molecule has 1 aliphatic heterocycles. The van der Waals surface area contributed by atoms with Crippen LogP contribution in [0.4, 0.5) is 34.6 Å². The summed E-state index contributed by atoms with van der Waals surface area (Å²) in [5.74, 6) is 2.59. The Morgan fingerprint density at radius 2 is 0.500 bits per heavy atom. The van der Waals surface area contributed by atoms with Gasteiger partial charge in [0.05, 0.1) is 22.8 Å². The molecule has 0 saturated carbocycles. The zero-order valence-electron chi connectivity index (χ0n) is 31.3. The van der Waals surface area contributed by atoms with Crippen LogP contribution < -0.4 is 9.80 Å². The number of aromatic nitrogens is 4. The molecule has 0 fully saturated rings. The summed E-state index contributed by atoms with van der Waals surface area (Å²) in [5, 5.41) is 4.50. The average Bonchev–Trinajstić information content (AvgIpc) is 3.30. The van der Waals surface area contributed by atoms with Gasteiger partial charge in [0.15, 0.2) is 23.3 Å². The van der Waals surface area contributed by atoms with Gasteiger partial charge in [-0.3, -0.25) is 9.80 Å². The quantitative estimate of drug-likeness (QED) is 0.169. The van der Waals surface area contributed by atoms with Gasteiger partial charge in [-0.15, -0.1) is 0 Å². The van der Waals surface area contributed by atoms with Crippen molar-refractivity contribution in [2.24, 2.45) is 0 Å². The summed E-state index contributed by atoms with van der Waals surface area (Å²) in [7, 11) is 0. The zero-order chi connectivity index (χ0) is 38.4. The SMILES string of the molecule is c1ccc(-c2nc3c(nc2-c2ccccc2)N(c2ccc4ccccc4c2)c2nc(-c4ccccc4)c(-c4ccccc4)nc2N3c2ccc3ccccc3c2)cc1. The second-order valence-corrected chi connectivity index (χ2v) is 14.3. The molecule has 0 radical (unpaired) electrons. The van der Waals surface area contributed by atoms with Crippen LogP contribution >= 0.6 is 0 Å². The van der Waals surface area contributed by atoms with Gasteiger partial charge in [-0.05, 0) is 45.8 Å². The molecule has 0 spiro atoms. The molecule has 0 N–H and O–H groups in total. The van der Waals surface area contributed by atoms with Crippen molar-refractivity contribution in [3.05, 3.63) is 206 Å². The first kappa shape index (κ1) is 33.4. The van der Waals surface area contributed by atoms with E-state index in [1.807, 2.05) is 72.8 Å². The van der Waals surface area contributed by atoms with Crippen molar-refractivity contribution in [2.45, 2.75) is 0 Å². The van der Waals surface area contributed by atoms with Crippen molar-refractivity contribution in [1.29, 1.82) is 0 Å². The highest BCUT2D eigenvalue weighted by Crippen LogP contribution is 2.54. The molecule has 0 amide bonds. The van der Waals surface area contributed by atoms with Gasteiger partial charge in [0.25, 0.3) is 0 Å². The molecule has 0 unspecified atom stereocenters. The summed E-state index contributed by atoms with van der Waals surface area (Å²) in [6, 6.07) is 71.1. The molecule has 58 heavy (non-hydrogen) atoms. The number of rotatable bonds is 6. The van der Waals surface area contributed by atoms with E-state index in [9.17, 15) is 0 Å². The van der Waals surface area contributed by atoms with E-state index in [2.05, 4.69) is 143 Å². The molecule has 0 aliphatic carbocycles. The molecule has 0 atom stereocenters. The minimum Gasteiger partial charge on any atom is -0.273 e. The lowest BCUT2D eigenvalue weighted by Gasteiger charge is -2.38. The first-order chi connectivity index (χ1) is 28.8. The van der Waals surface area contributed by atoms with Crippen LogP contribution in [0.3, 0.4) is 0 Å². The van der Waals surface area contributed by atoms with Crippen LogP contribution in [0.25, 0.3) is 66.6 Å². The van der Waals surface area contributed by atoms with Crippen molar-refractivity contribution in [1.82, 2.24) is 19.9 Å². The number of benzene rings is 8. The Kier molecular flexibility index (Phi) is 8.04. The lowest BCUT2D eigenvalue weighted by atomic mass is 10.0. The molecular formula is C52H34N6. The van der Waals surface area contributed by atoms with Gasteiger partial charge in [-0.25, -0.2) is 19.9 Å². The van der Waals surface area contributed by atoms with Crippen LogP contribution in [0.2, 0.25) is 0 Å². The van der Waals surface area contributed by atoms with Crippen LogP contribution in [-0.2, 0) is 0 Å². The largest absolute Gasteiger partial charge is 0.273 e. The fourth-order valence-electron chi connectivity index (χ4n) is 7.95. The maximum absolute atomic E-state index is 5.67. The lowest BCUT2D eigenvalue weighted by Crippen LogP contribution is -2.29. The van der Waals surface area contributed by atoms with Crippen molar-refractivity contribution < 1.29 is 0 Å². The number of fused-ring (bicyclic) bond motifs is 4. The third kappa shape index (κ3) is 5.74. The Balaban J connectivity index is 1.29. The molecule has 10 aromatic rings. The second kappa shape index (κ2) is 14.0. The van der Waals surface area contributed by atoms with Crippen LogP contribution in [0.5, 0.6) is 0 Å². The summed E-state index contributed by atoms with van der Waals surface area (Å²) in [6.07, 6.45) is 0. The van der Waals surface area contributed by atoms with Gasteiger partial charge in [0, 0.05) is 33.6 Å². The van der Waals surface area contributed by atoms with Gasteiger partial charge in [-0.2, -0.15) is 0 Å². The molecule has 272 valence electrons. The molecule has 11 rings (SSSR count). The van der Waals surface area contributed by atoms with Gasteiger partial charge in [0.2, 0.25) is 0 Å². The zero-order valence-corrected chi connectivity index (χ0v) is 31.3. The van der Waals surface area contributed by atoms with E-state index < -0.39 is 0 Å². The molecule has 1 aliphatic rings. The summed E-state index contributed by atoms with van der Waals surface area (Å²) in [6.45, 7) is 0. The predicted molar refractivity (Wildman–Crippen MR) is 237 cm³/mol. The average molecular weight is 743 g/mol. The Labute approximate surface area is 336 Å². The Morgan fingerprint density at radius 3 is 0.793 bits per heavy atom. The Bertz CT molecular complexity index is 2770. The van der Waals surface area contributed by atoms with Crippen molar-refractivity contribution in [3.8, 4) is 45.0 Å². The van der Waals surface area contributed by atoms with Gasteiger partial charge in [0.1, 0.15) is 0 Å². The van der Waals surface area contributed by atoms with E-state index in [0.717, 1.165) is 77.9 Å². The van der Waals surface area contributed by atoms with Gasteiger partial charge >= 0.3 is 0 Å². The second-order valence-electron chi connectivity index (χ2n) is 14.3. The van der Waals surface area contributed by atoms with Crippen LogP contribution in [0.15, 0.2) is 206 Å². The van der Waals surface area contributed by atoms with Crippen LogP contribution in [-0.4, -0.2) is 19.9 Å². The maximum Gasteiger partial charge on any atom is 0.183 e. The molecule has 0 bridgehead atoms.